The lowest BCUT2D eigenvalue weighted by atomic mass is 10.1. The molecule has 0 bridgehead atoms. The zero-order valence-electron chi connectivity index (χ0n) is 11.7. The van der Waals surface area contributed by atoms with E-state index in [4.69, 9.17) is 0 Å². The Morgan fingerprint density at radius 2 is 1.71 bits per heavy atom. The smallest absolute Gasteiger partial charge is 0.188 e. The van der Waals surface area contributed by atoms with Crippen LogP contribution in [0, 0.1) is 0 Å². The third kappa shape index (κ3) is 3.56. The Morgan fingerprint density at radius 3 is 2.43 bits per heavy atom. The molecular weight excluding hydrogens is 278 g/mol. The molecule has 1 aliphatic rings. The molecule has 1 saturated heterocycles. The first-order valence-corrected chi connectivity index (χ1v) is 8.04. The van der Waals surface area contributed by atoms with Gasteiger partial charge in [-0.3, -0.25) is 4.79 Å². The zero-order valence-corrected chi connectivity index (χ0v) is 12.6. The Labute approximate surface area is 129 Å². The molecule has 0 aromatic heterocycles. The second kappa shape index (κ2) is 6.64. The molecule has 21 heavy (non-hydrogen) atoms. The van der Waals surface area contributed by atoms with E-state index in [1.54, 1.807) is 17.8 Å². The Kier molecular flexibility index (Phi) is 4.41. The third-order valence-electron chi connectivity index (χ3n) is 3.45. The summed E-state index contributed by atoms with van der Waals surface area (Å²) >= 11 is 1.76. The number of allylic oxidation sites excluding steroid dienone is 1. The van der Waals surface area contributed by atoms with Crippen LogP contribution in [0.3, 0.4) is 0 Å². The first-order chi connectivity index (χ1) is 10.3. The number of benzene rings is 2. The molecule has 0 saturated carbocycles. The van der Waals surface area contributed by atoms with Gasteiger partial charge in [-0.25, -0.2) is 0 Å². The second-order valence-corrected chi connectivity index (χ2v) is 6.08. The molecule has 2 aromatic carbocycles. The van der Waals surface area contributed by atoms with Crippen LogP contribution in [0.2, 0.25) is 0 Å². The molecule has 0 unspecified atom stereocenters. The number of rotatable bonds is 4. The molecule has 1 aliphatic heterocycles. The van der Waals surface area contributed by atoms with Gasteiger partial charge in [0.2, 0.25) is 0 Å². The number of nitrogens with zero attached hydrogens (tertiary/aromatic N) is 1. The van der Waals surface area contributed by atoms with Gasteiger partial charge in [-0.1, -0.05) is 60.7 Å². The third-order valence-corrected chi connectivity index (χ3v) is 4.51. The standard InChI is InChI=1S/C18H17NOS/c20-17(16-9-5-2-6-10-16)13-18-19(11-12-21-18)14-15-7-3-1-4-8-15/h1-10,13H,11-12,14H2/b18-13-. The molecule has 3 heteroatoms. The van der Waals surface area contributed by atoms with Crippen molar-refractivity contribution in [3.8, 4) is 0 Å². The predicted octanol–water partition coefficient (Wildman–Crippen LogP) is 3.96. The van der Waals surface area contributed by atoms with Gasteiger partial charge in [-0.15, -0.1) is 11.8 Å². The van der Waals surface area contributed by atoms with Crippen molar-refractivity contribution in [1.82, 2.24) is 4.90 Å². The van der Waals surface area contributed by atoms with Crippen LogP contribution in [0.4, 0.5) is 0 Å². The number of hydrogen-bond acceptors (Lipinski definition) is 3. The van der Waals surface area contributed by atoms with E-state index in [9.17, 15) is 4.79 Å². The molecular formula is C18H17NOS. The fourth-order valence-electron chi connectivity index (χ4n) is 2.35. The minimum atomic E-state index is 0.0815. The lowest BCUT2D eigenvalue weighted by Gasteiger charge is -2.18. The van der Waals surface area contributed by atoms with Gasteiger partial charge in [0.1, 0.15) is 0 Å². The maximum atomic E-state index is 12.3. The summed E-state index contributed by atoms with van der Waals surface area (Å²) in [5.74, 6) is 1.12. The molecule has 2 nitrogen and oxygen atoms in total. The average Bonchev–Trinajstić information content (AvgIpc) is 2.96. The molecule has 0 N–H and O–H groups in total. The van der Waals surface area contributed by atoms with Gasteiger partial charge in [-0.2, -0.15) is 0 Å². The van der Waals surface area contributed by atoms with Crippen molar-refractivity contribution < 1.29 is 4.79 Å². The van der Waals surface area contributed by atoms with E-state index in [1.807, 2.05) is 36.4 Å². The fraction of sp³-hybridized carbons (Fsp3) is 0.167. The van der Waals surface area contributed by atoms with E-state index in [2.05, 4.69) is 29.2 Å². The topological polar surface area (TPSA) is 20.3 Å². The minimum absolute atomic E-state index is 0.0815. The van der Waals surface area contributed by atoms with Crippen LogP contribution in [0.15, 0.2) is 71.8 Å². The van der Waals surface area contributed by atoms with E-state index in [-0.39, 0.29) is 5.78 Å². The molecule has 106 valence electrons. The zero-order chi connectivity index (χ0) is 14.5. The molecule has 0 radical (unpaired) electrons. The highest BCUT2D eigenvalue weighted by molar-refractivity contribution is 8.03. The first kappa shape index (κ1) is 14.0. The summed E-state index contributed by atoms with van der Waals surface area (Å²) in [6.07, 6.45) is 1.77. The maximum Gasteiger partial charge on any atom is 0.188 e. The summed E-state index contributed by atoms with van der Waals surface area (Å²) in [4.78, 5) is 14.6. The number of carbonyl (C=O) groups excluding carboxylic acids is 1. The summed E-state index contributed by atoms with van der Waals surface area (Å²) in [6.45, 7) is 1.86. The molecule has 0 spiro atoms. The molecule has 0 aliphatic carbocycles. The van der Waals surface area contributed by atoms with Crippen LogP contribution in [-0.2, 0) is 6.54 Å². The van der Waals surface area contributed by atoms with Crippen LogP contribution >= 0.6 is 11.8 Å². The summed E-state index contributed by atoms with van der Waals surface area (Å²) in [7, 11) is 0. The van der Waals surface area contributed by atoms with Crippen LogP contribution in [-0.4, -0.2) is 23.0 Å². The summed E-state index contributed by atoms with van der Waals surface area (Å²) in [5.41, 5.74) is 2.02. The van der Waals surface area contributed by atoms with E-state index >= 15 is 0 Å². The molecule has 2 aromatic rings. The van der Waals surface area contributed by atoms with Gasteiger partial charge in [0.05, 0.1) is 5.03 Å². The lowest BCUT2D eigenvalue weighted by Crippen LogP contribution is -2.18. The van der Waals surface area contributed by atoms with Crippen molar-refractivity contribution in [3.05, 3.63) is 82.9 Å². The van der Waals surface area contributed by atoms with Crippen LogP contribution in [0.25, 0.3) is 0 Å². The molecule has 0 amide bonds. The average molecular weight is 295 g/mol. The van der Waals surface area contributed by atoms with Crippen LogP contribution in [0.5, 0.6) is 0 Å². The first-order valence-electron chi connectivity index (χ1n) is 7.06. The van der Waals surface area contributed by atoms with Crippen LogP contribution < -0.4 is 0 Å². The van der Waals surface area contributed by atoms with Crippen LogP contribution in [0.1, 0.15) is 15.9 Å². The quantitative estimate of drug-likeness (QED) is 0.629. The monoisotopic (exact) mass is 295 g/mol. The highest BCUT2D eigenvalue weighted by Gasteiger charge is 2.19. The van der Waals surface area contributed by atoms with E-state index in [1.165, 1.54) is 5.56 Å². The molecule has 1 fully saturated rings. The summed E-state index contributed by atoms with van der Waals surface area (Å²) < 4.78 is 0. The molecule has 0 atom stereocenters. The number of hydrogen-bond donors (Lipinski definition) is 0. The summed E-state index contributed by atoms with van der Waals surface area (Å²) in [5, 5.41) is 1.08. The van der Waals surface area contributed by atoms with Crippen molar-refractivity contribution >= 4 is 17.5 Å². The minimum Gasteiger partial charge on any atom is -0.361 e. The largest absolute Gasteiger partial charge is 0.361 e. The SMILES string of the molecule is O=C(/C=C1\SCCN1Cc1ccccc1)c1ccccc1. The maximum absolute atomic E-state index is 12.3. The number of carbonyl (C=O) groups is 1. The second-order valence-electron chi connectivity index (χ2n) is 4.97. The predicted molar refractivity (Wildman–Crippen MR) is 88.2 cm³/mol. The molecule has 1 heterocycles. The van der Waals surface area contributed by atoms with Crippen molar-refractivity contribution in [1.29, 1.82) is 0 Å². The summed E-state index contributed by atoms with van der Waals surface area (Å²) in [6, 6.07) is 19.8. The van der Waals surface area contributed by atoms with Crippen molar-refractivity contribution in [2.45, 2.75) is 6.54 Å². The lowest BCUT2D eigenvalue weighted by molar-refractivity contribution is 0.104. The van der Waals surface area contributed by atoms with Gasteiger partial charge < -0.3 is 4.90 Å². The van der Waals surface area contributed by atoms with E-state index in [0.29, 0.717) is 0 Å². The Balaban J connectivity index is 1.74. The van der Waals surface area contributed by atoms with Gasteiger partial charge in [-0.05, 0) is 5.56 Å². The van der Waals surface area contributed by atoms with Crippen molar-refractivity contribution in [2.24, 2.45) is 0 Å². The molecule has 3 rings (SSSR count). The fourth-order valence-corrected chi connectivity index (χ4v) is 3.40. The Bertz CT molecular complexity index is 637. The van der Waals surface area contributed by atoms with Gasteiger partial charge in [0, 0.05) is 30.5 Å². The number of ketones is 1. The van der Waals surface area contributed by atoms with Gasteiger partial charge >= 0.3 is 0 Å². The van der Waals surface area contributed by atoms with Gasteiger partial charge in [0.25, 0.3) is 0 Å². The van der Waals surface area contributed by atoms with Crippen molar-refractivity contribution in [3.63, 3.8) is 0 Å². The Hall–Kier alpha value is -2.00. The van der Waals surface area contributed by atoms with E-state index < -0.39 is 0 Å². The van der Waals surface area contributed by atoms with Gasteiger partial charge in [0.15, 0.2) is 5.78 Å². The normalized spacial score (nSPS) is 16.4. The van der Waals surface area contributed by atoms with Crippen molar-refractivity contribution in [2.75, 3.05) is 12.3 Å². The highest BCUT2D eigenvalue weighted by Crippen LogP contribution is 2.29. The highest BCUT2D eigenvalue weighted by atomic mass is 32.2. The Morgan fingerprint density at radius 1 is 1.05 bits per heavy atom. The van der Waals surface area contributed by atoms with E-state index in [0.717, 1.165) is 29.4 Å². The number of thioether (sulfide) groups is 1.